The lowest BCUT2D eigenvalue weighted by Crippen LogP contribution is -1.97. The molecule has 9 aromatic rings. The number of aryl methyl sites for hydroxylation is 1. The van der Waals surface area contributed by atoms with Crippen LogP contribution in [0.5, 0.6) is 0 Å². The van der Waals surface area contributed by atoms with Crippen molar-refractivity contribution in [2.45, 2.75) is 6.92 Å². The van der Waals surface area contributed by atoms with Gasteiger partial charge in [-0.2, -0.15) is 0 Å². The number of para-hydroxylation sites is 2. The predicted molar refractivity (Wildman–Crippen MR) is 203 cm³/mol. The monoisotopic (exact) mass is 612 g/mol. The molecule has 8 aromatic carbocycles. The van der Waals surface area contributed by atoms with Gasteiger partial charge in [-0.25, -0.2) is 4.98 Å². The Balaban J connectivity index is 1.28. The lowest BCUT2D eigenvalue weighted by molar-refractivity contribution is 1.00. The first-order valence-corrected chi connectivity index (χ1v) is 16.5. The first-order valence-electron chi connectivity index (χ1n) is 16.5. The van der Waals surface area contributed by atoms with Crippen molar-refractivity contribution >= 4 is 32.6 Å². The van der Waals surface area contributed by atoms with Gasteiger partial charge in [0.15, 0.2) is 0 Å². The zero-order chi connectivity index (χ0) is 32.0. The van der Waals surface area contributed by atoms with Crippen LogP contribution in [0.1, 0.15) is 5.82 Å². The summed E-state index contributed by atoms with van der Waals surface area (Å²) >= 11 is 0. The van der Waals surface area contributed by atoms with Crippen molar-refractivity contribution in [3.8, 4) is 50.2 Å². The minimum Gasteiger partial charge on any atom is -0.297 e. The van der Waals surface area contributed by atoms with Crippen molar-refractivity contribution in [3.63, 3.8) is 0 Å². The van der Waals surface area contributed by atoms with Crippen LogP contribution < -0.4 is 0 Å². The van der Waals surface area contributed by atoms with Gasteiger partial charge in [-0.3, -0.25) is 4.57 Å². The lowest BCUT2D eigenvalue weighted by Gasteiger charge is -2.20. The van der Waals surface area contributed by atoms with Crippen LogP contribution in [0.2, 0.25) is 0 Å². The predicted octanol–water partition coefficient (Wildman–Crippen LogP) is 12.3. The van der Waals surface area contributed by atoms with Gasteiger partial charge in [0.05, 0.1) is 11.0 Å². The molecule has 0 N–H and O–H groups in total. The fourth-order valence-electron chi connectivity index (χ4n) is 7.41. The number of nitrogens with zero attached hydrogens (tertiary/aromatic N) is 2. The number of hydrogen-bond donors (Lipinski definition) is 0. The number of aromatic nitrogens is 2. The van der Waals surface area contributed by atoms with E-state index >= 15 is 0 Å². The van der Waals surface area contributed by atoms with Crippen molar-refractivity contribution in [1.82, 2.24) is 9.55 Å². The minimum atomic E-state index is 0.983. The summed E-state index contributed by atoms with van der Waals surface area (Å²) in [5, 5.41) is 4.98. The van der Waals surface area contributed by atoms with Gasteiger partial charge in [-0.15, -0.1) is 0 Å². The van der Waals surface area contributed by atoms with E-state index in [1.54, 1.807) is 0 Å². The topological polar surface area (TPSA) is 17.8 Å². The third-order valence-corrected chi connectivity index (χ3v) is 9.55. The molecule has 0 amide bonds. The molecule has 0 aliphatic heterocycles. The first kappa shape index (κ1) is 28.0. The Hall–Kier alpha value is -6.25. The molecule has 0 aliphatic rings. The van der Waals surface area contributed by atoms with Crippen LogP contribution in [0.3, 0.4) is 0 Å². The van der Waals surface area contributed by atoms with E-state index in [0.29, 0.717) is 0 Å². The molecule has 2 heteroatoms. The Morgan fingerprint density at radius 1 is 0.396 bits per heavy atom. The van der Waals surface area contributed by atoms with E-state index in [4.69, 9.17) is 4.98 Å². The average molecular weight is 613 g/mol. The molecule has 0 radical (unpaired) electrons. The second kappa shape index (κ2) is 11.5. The summed E-state index contributed by atoms with van der Waals surface area (Å²) in [5.74, 6) is 0.983. The van der Waals surface area contributed by atoms with Gasteiger partial charge < -0.3 is 0 Å². The molecular formula is C46H32N2. The molecular weight excluding hydrogens is 581 g/mol. The molecule has 0 aliphatic carbocycles. The Morgan fingerprint density at radius 3 is 1.56 bits per heavy atom. The summed E-state index contributed by atoms with van der Waals surface area (Å²) in [4.78, 5) is 4.80. The van der Waals surface area contributed by atoms with Crippen LogP contribution in [0.15, 0.2) is 176 Å². The molecule has 0 saturated carbocycles. The number of benzene rings is 8. The van der Waals surface area contributed by atoms with E-state index in [9.17, 15) is 0 Å². The summed E-state index contributed by atoms with van der Waals surface area (Å²) in [7, 11) is 0. The average Bonchev–Trinajstić information content (AvgIpc) is 3.50. The number of imidazole rings is 1. The normalized spacial score (nSPS) is 11.4. The van der Waals surface area contributed by atoms with Crippen molar-refractivity contribution in [3.05, 3.63) is 182 Å². The van der Waals surface area contributed by atoms with Crippen molar-refractivity contribution in [2.24, 2.45) is 0 Å². The van der Waals surface area contributed by atoms with Crippen LogP contribution >= 0.6 is 0 Å². The molecule has 9 rings (SSSR count). The number of fused-ring (bicyclic) bond motifs is 3. The lowest BCUT2D eigenvalue weighted by atomic mass is 9.83. The summed E-state index contributed by atoms with van der Waals surface area (Å²) < 4.78 is 2.24. The molecule has 48 heavy (non-hydrogen) atoms. The molecule has 0 bridgehead atoms. The highest BCUT2D eigenvalue weighted by Crippen LogP contribution is 2.46. The number of hydrogen-bond acceptors (Lipinski definition) is 1. The highest BCUT2D eigenvalue weighted by Gasteiger charge is 2.20. The second-order valence-corrected chi connectivity index (χ2v) is 12.4. The van der Waals surface area contributed by atoms with E-state index in [-0.39, 0.29) is 0 Å². The van der Waals surface area contributed by atoms with Crippen molar-refractivity contribution < 1.29 is 0 Å². The molecule has 1 heterocycles. The number of rotatable bonds is 5. The largest absolute Gasteiger partial charge is 0.297 e. The quantitative estimate of drug-likeness (QED) is 0.177. The van der Waals surface area contributed by atoms with Gasteiger partial charge in [-0.1, -0.05) is 146 Å². The van der Waals surface area contributed by atoms with Crippen LogP contribution in [-0.2, 0) is 0 Å². The molecule has 0 atom stereocenters. The van der Waals surface area contributed by atoms with E-state index in [0.717, 1.165) is 22.5 Å². The maximum absolute atomic E-state index is 4.80. The third-order valence-electron chi connectivity index (χ3n) is 9.55. The van der Waals surface area contributed by atoms with Crippen LogP contribution in [0, 0.1) is 6.92 Å². The van der Waals surface area contributed by atoms with E-state index in [2.05, 4.69) is 181 Å². The fourth-order valence-corrected chi connectivity index (χ4v) is 7.41. The summed E-state index contributed by atoms with van der Waals surface area (Å²) in [6.45, 7) is 2.07. The molecule has 0 unspecified atom stereocenters. The zero-order valence-corrected chi connectivity index (χ0v) is 26.6. The first-order chi connectivity index (χ1) is 23.7. The Bertz CT molecular complexity index is 2540. The van der Waals surface area contributed by atoms with Crippen molar-refractivity contribution in [2.75, 3.05) is 0 Å². The molecule has 1 aromatic heterocycles. The fraction of sp³-hybridized carbons (Fsp3) is 0.0217. The van der Waals surface area contributed by atoms with E-state index in [1.807, 2.05) is 6.07 Å². The Labute approximate surface area is 280 Å². The Morgan fingerprint density at radius 2 is 0.917 bits per heavy atom. The maximum atomic E-state index is 4.80. The van der Waals surface area contributed by atoms with Gasteiger partial charge in [0.25, 0.3) is 0 Å². The Kier molecular flexibility index (Phi) is 6.72. The smallest absolute Gasteiger partial charge is 0.111 e. The molecule has 2 nitrogen and oxygen atoms in total. The molecule has 0 spiro atoms. The summed E-state index contributed by atoms with van der Waals surface area (Å²) in [6.07, 6.45) is 0. The standard InChI is InChI=1S/C46H32N2/c1-31-47-43-22-12-13-23-44(43)48(31)36-27-24-34(25-28-36)45-37-18-8-10-20-39(37)46(40-21-11-9-19-38(40)45)41-29-26-35(32-14-4-2-5-15-32)30-42(41)33-16-6-3-7-17-33/h2-30H,1H3. The SMILES string of the molecule is Cc1nc2ccccc2n1-c1ccc(-c2c3ccccc3c(-c3ccc(-c4ccccc4)cc3-c3ccccc3)c3ccccc23)cc1. The summed E-state index contributed by atoms with van der Waals surface area (Å²) in [6, 6.07) is 63.5. The summed E-state index contributed by atoms with van der Waals surface area (Å²) in [5.41, 5.74) is 13.1. The van der Waals surface area contributed by atoms with Crippen LogP contribution in [0.4, 0.5) is 0 Å². The van der Waals surface area contributed by atoms with Gasteiger partial charge >= 0.3 is 0 Å². The highest BCUT2D eigenvalue weighted by atomic mass is 15.1. The van der Waals surface area contributed by atoms with Gasteiger partial charge in [0, 0.05) is 5.69 Å². The van der Waals surface area contributed by atoms with Gasteiger partial charge in [-0.05, 0) is 103 Å². The van der Waals surface area contributed by atoms with Gasteiger partial charge in [0.2, 0.25) is 0 Å². The molecule has 0 saturated heterocycles. The second-order valence-electron chi connectivity index (χ2n) is 12.4. The third kappa shape index (κ3) is 4.61. The highest BCUT2D eigenvalue weighted by molar-refractivity contribution is 6.22. The van der Waals surface area contributed by atoms with Crippen molar-refractivity contribution in [1.29, 1.82) is 0 Å². The maximum Gasteiger partial charge on any atom is 0.111 e. The van der Waals surface area contributed by atoms with Gasteiger partial charge in [0.1, 0.15) is 5.82 Å². The molecule has 226 valence electrons. The minimum absolute atomic E-state index is 0.983. The zero-order valence-electron chi connectivity index (χ0n) is 26.6. The molecule has 0 fully saturated rings. The van der Waals surface area contributed by atoms with E-state index in [1.165, 1.54) is 66.1 Å². The van der Waals surface area contributed by atoms with Crippen LogP contribution in [-0.4, -0.2) is 9.55 Å². The van der Waals surface area contributed by atoms with E-state index < -0.39 is 0 Å². The van der Waals surface area contributed by atoms with Crippen LogP contribution in [0.25, 0.3) is 82.8 Å².